The lowest BCUT2D eigenvalue weighted by molar-refractivity contribution is -0.870. The van der Waals surface area contributed by atoms with E-state index in [1.54, 1.807) is 0 Å². The summed E-state index contributed by atoms with van der Waals surface area (Å²) >= 11 is 0. The molecule has 0 aromatic rings. The van der Waals surface area contributed by atoms with Crippen LogP contribution in [-0.4, -0.2) is 74.9 Å². The molecule has 0 aliphatic carbocycles. The number of phosphoric ester groups is 1. The van der Waals surface area contributed by atoms with Crippen molar-refractivity contribution in [2.75, 3.05) is 47.5 Å². The van der Waals surface area contributed by atoms with Crippen LogP contribution in [-0.2, 0) is 32.7 Å². The minimum Gasteiger partial charge on any atom is -0.462 e. The topological polar surface area (TPSA) is 108 Å². The molecule has 0 aliphatic heterocycles. The van der Waals surface area contributed by atoms with Crippen LogP contribution in [0, 0.1) is 0 Å². The van der Waals surface area contributed by atoms with Gasteiger partial charge in [0.05, 0.1) is 27.7 Å². The van der Waals surface area contributed by atoms with Gasteiger partial charge in [0.15, 0.2) is 6.10 Å². The summed E-state index contributed by atoms with van der Waals surface area (Å²) in [7, 11) is 1.44. The van der Waals surface area contributed by atoms with E-state index in [4.69, 9.17) is 18.5 Å². The van der Waals surface area contributed by atoms with E-state index < -0.39 is 32.5 Å². The minimum absolute atomic E-state index is 0.0202. The molecule has 56 heavy (non-hydrogen) atoms. The number of unbranched alkanes of at least 4 members (excludes halogenated alkanes) is 21. The van der Waals surface area contributed by atoms with Crippen molar-refractivity contribution < 1.29 is 42.1 Å². The van der Waals surface area contributed by atoms with Gasteiger partial charge in [-0.2, -0.15) is 0 Å². The van der Waals surface area contributed by atoms with E-state index in [2.05, 4.69) is 44.2 Å². The Kier molecular flexibility index (Phi) is 37.5. The molecule has 328 valence electrons. The molecular formula is C46H87NO8P+. The number of ether oxygens (including phenoxy) is 2. The first-order valence-electron chi connectivity index (χ1n) is 22.7. The molecule has 1 N–H and O–H groups in total. The van der Waals surface area contributed by atoms with Gasteiger partial charge in [-0.1, -0.05) is 166 Å². The third-order valence-electron chi connectivity index (χ3n) is 9.66. The fourth-order valence-corrected chi connectivity index (χ4v) is 6.81. The maximum Gasteiger partial charge on any atom is 0.472 e. The van der Waals surface area contributed by atoms with E-state index in [1.807, 2.05) is 27.2 Å². The lowest BCUT2D eigenvalue weighted by Gasteiger charge is -2.24. The van der Waals surface area contributed by atoms with Crippen molar-refractivity contribution in [3.8, 4) is 0 Å². The average molecular weight is 813 g/mol. The highest BCUT2D eigenvalue weighted by Gasteiger charge is 2.27. The highest BCUT2D eigenvalue weighted by molar-refractivity contribution is 7.47. The third kappa shape index (κ3) is 41.9. The van der Waals surface area contributed by atoms with Gasteiger partial charge in [-0.25, -0.2) is 4.57 Å². The normalized spacial score (nSPS) is 13.9. The van der Waals surface area contributed by atoms with Crippen LogP contribution in [0.2, 0.25) is 0 Å². The van der Waals surface area contributed by atoms with E-state index in [0.29, 0.717) is 23.9 Å². The molecule has 0 aromatic carbocycles. The maximum atomic E-state index is 12.7. The molecule has 9 nitrogen and oxygen atoms in total. The van der Waals surface area contributed by atoms with Gasteiger partial charge < -0.3 is 18.9 Å². The zero-order chi connectivity index (χ0) is 41.4. The summed E-state index contributed by atoms with van der Waals surface area (Å²) in [6, 6.07) is 0. The first-order chi connectivity index (χ1) is 27.0. The fourth-order valence-electron chi connectivity index (χ4n) is 6.07. The van der Waals surface area contributed by atoms with Gasteiger partial charge in [0.25, 0.3) is 0 Å². The van der Waals surface area contributed by atoms with Crippen LogP contribution < -0.4 is 0 Å². The Morgan fingerprint density at radius 3 is 1.50 bits per heavy atom. The van der Waals surface area contributed by atoms with Crippen molar-refractivity contribution in [3.05, 3.63) is 36.5 Å². The maximum absolute atomic E-state index is 12.7. The number of phosphoric acid groups is 1. The van der Waals surface area contributed by atoms with Gasteiger partial charge in [0, 0.05) is 12.8 Å². The molecular weight excluding hydrogens is 725 g/mol. The van der Waals surface area contributed by atoms with E-state index in [-0.39, 0.29) is 26.1 Å². The highest BCUT2D eigenvalue weighted by atomic mass is 31.2. The SMILES string of the molecule is CCCCCCCCCCC/C=C/C/C=C/CCCC(=O)OC[C@H](COP(=O)(O)OCC[N+](C)(C)C)OC(=O)CC/C=C/CCCCCCCCCCCCC. The number of rotatable bonds is 41. The zero-order valence-corrected chi connectivity index (χ0v) is 37.8. The second-order valence-electron chi connectivity index (χ2n) is 16.4. The molecule has 0 heterocycles. The van der Waals surface area contributed by atoms with E-state index >= 15 is 0 Å². The molecule has 10 heteroatoms. The monoisotopic (exact) mass is 813 g/mol. The van der Waals surface area contributed by atoms with Gasteiger partial charge in [-0.15, -0.1) is 0 Å². The van der Waals surface area contributed by atoms with Crippen LogP contribution in [0.15, 0.2) is 36.5 Å². The quantitative estimate of drug-likeness (QED) is 0.0214. The van der Waals surface area contributed by atoms with Crippen LogP contribution in [0.4, 0.5) is 0 Å². The molecule has 1 unspecified atom stereocenters. The van der Waals surface area contributed by atoms with Crippen molar-refractivity contribution in [2.24, 2.45) is 0 Å². The highest BCUT2D eigenvalue weighted by Crippen LogP contribution is 2.43. The van der Waals surface area contributed by atoms with Gasteiger partial charge in [-0.05, 0) is 51.4 Å². The van der Waals surface area contributed by atoms with Crippen LogP contribution in [0.5, 0.6) is 0 Å². The number of nitrogens with zero attached hydrogens (tertiary/aromatic N) is 1. The van der Waals surface area contributed by atoms with Crippen molar-refractivity contribution in [1.82, 2.24) is 0 Å². The smallest absolute Gasteiger partial charge is 0.462 e. The lowest BCUT2D eigenvalue weighted by atomic mass is 10.1. The molecule has 0 rings (SSSR count). The Morgan fingerprint density at radius 2 is 1.00 bits per heavy atom. The predicted octanol–water partition coefficient (Wildman–Crippen LogP) is 12.9. The summed E-state index contributed by atoms with van der Waals surface area (Å²) in [6.45, 7) is 4.34. The molecule has 0 aromatic heterocycles. The number of likely N-dealkylation sites (N-methyl/N-ethyl adjacent to an activating group) is 1. The van der Waals surface area contributed by atoms with Crippen LogP contribution in [0.3, 0.4) is 0 Å². The van der Waals surface area contributed by atoms with E-state index in [0.717, 1.165) is 32.1 Å². The molecule has 0 saturated carbocycles. The Hall–Kier alpha value is -1.77. The third-order valence-corrected chi connectivity index (χ3v) is 10.6. The standard InChI is InChI=1S/C46H86NO8P/c1-6-8-10-12-14-16-18-20-22-23-25-26-28-30-32-34-36-38-45(48)52-42-44(43-54-56(50,51)53-41-40-47(3,4)5)55-46(49)39-37-35-33-31-29-27-24-21-19-17-15-13-11-9-7-2/h25-26,30,32-33,35,44H,6-24,27-29,31,34,36-43H2,1-5H3/p+1/b26-25+,32-30+,35-33+/t44-/m1/s1. The number of carbonyl (C=O) groups excluding carboxylic acids is 2. The van der Waals surface area contributed by atoms with Crippen molar-refractivity contribution in [3.63, 3.8) is 0 Å². The molecule has 0 bridgehead atoms. The number of carbonyl (C=O) groups is 2. The van der Waals surface area contributed by atoms with E-state index in [1.165, 1.54) is 122 Å². The van der Waals surface area contributed by atoms with Gasteiger partial charge in [0.2, 0.25) is 0 Å². The largest absolute Gasteiger partial charge is 0.472 e. The Labute approximate surface area is 344 Å². The van der Waals surface area contributed by atoms with Gasteiger partial charge in [0.1, 0.15) is 19.8 Å². The summed E-state index contributed by atoms with van der Waals surface area (Å²) in [5, 5.41) is 0. The minimum atomic E-state index is -4.39. The number of quaternary nitrogens is 1. The molecule has 0 fully saturated rings. The number of hydrogen-bond donors (Lipinski definition) is 1. The molecule has 0 aliphatic rings. The molecule has 0 spiro atoms. The molecule has 2 atom stereocenters. The predicted molar refractivity (Wildman–Crippen MR) is 234 cm³/mol. The van der Waals surface area contributed by atoms with Crippen molar-refractivity contribution in [2.45, 2.75) is 200 Å². The van der Waals surface area contributed by atoms with E-state index in [9.17, 15) is 19.0 Å². The summed E-state index contributed by atoms with van der Waals surface area (Å²) < 4.78 is 34.2. The lowest BCUT2D eigenvalue weighted by Crippen LogP contribution is -2.37. The fraction of sp³-hybridized carbons (Fsp3) is 0.826. The first kappa shape index (κ1) is 54.2. The zero-order valence-electron chi connectivity index (χ0n) is 36.9. The van der Waals surface area contributed by atoms with Crippen molar-refractivity contribution >= 4 is 19.8 Å². The second-order valence-corrected chi connectivity index (χ2v) is 17.9. The van der Waals surface area contributed by atoms with Crippen LogP contribution in [0.25, 0.3) is 0 Å². The summed E-state index contributed by atoms with van der Waals surface area (Å²) in [4.78, 5) is 35.3. The number of hydrogen-bond acceptors (Lipinski definition) is 7. The van der Waals surface area contributed by atoms with Crippen molar-refractivity contribution in [1.29, 1.82) is 0 Å². The number of esters is 2. The number of allylic oxidation sites excluding steroid dienone is 6. The molecule has 0 radical (unpaired) electrons. The Balaban J connectivity index is 4.43. The summed E-state index contributed by atoms with van der Waals surface area (Å²) in [5.41, 5.74) is 0. The first-order valence-corrected chi connectivity index (χ1v) is 24.2. The van der Waals surface area contributed by atoms with Crippen LogP contribution in [0.1, 0.15) is 194 Å². The molecule has 0 saturated heterocycles. The van der Waals surface area contributed by atoms with Gasteiger partial charge in [-0.3, -0.25) is 18.6 Å². The van der Waals surface area contributed by atoms with Crippen LogP contribution >= 0.6 is 7.82 Å². The Bertz CT molecular complexity index is 1050. The second kappa shape index (κ2) is 38.7. The summed E-state index contributed by atoms with van der Waals surface area (Å²) in [6.07, 6.45) is 43.6. The van der Waals surface area contributed by atoms with Gasteiger partial charge >= 0.3 is 19.8 Å². The summed E-state index contributed by atoms with van der Waals surface area (Å²) in [5.74, 6) is -0.905. The Morgan fingerprint density at radius 1 is 0.554 bits per heavy atom. The average Bonchev–Trinajstić information content (AvgIpc) is 3.15. The molecule has 0 amide bonds.